The summed E-state index contributed by atoms with van der Waals surface area (Å²) in [5, 5.41) is 6.69. The Hall–Kier alpha value is -2.36. The van der Waals surface area contributed by atoms with Crippen LogP contribution in [0.3, 0.4) is 0 Å². The Labute approximate surface area is 116 Å². The molecule has 0 unspecified atom stereocenters. The molecule has 0 fully saturated rings. The molecule has 0 aliphatic rings. The lowest BCUT2D eigenvalue weighted by atomic mass is 10.2. The first-order valence-corrected chi connectivity index (χ1v) is 6.49. The van der Waals surface area contributed by atoms with Crippen LogP contribution in [0, 0.1) is 0 Å². The fourth-order valence-corrected chi connectivity index (χ4v) is 2.24. The van der Waals surface area contributed by atoms with E-state index in [0.717, 1.165) is 20.9 Å². The molecule has 10 heteroatoms. The average Bonchev–Trinajstić information content (AvgIpc) is 2.94. The van der Waals surface area contributed by atoms with E-state index in [9.17, 15) is 14.4 Å². The van der Waals surface area contributed by atoms with E-state index in [1.165, 1.54) is 20.4 Å². The summed E-state index contributed by atoms with van der Waals surface area (Å²) in [6.07, 6.45) is 1.31. The van der Waals surface area contributed by atoms with Crippen molar-refractivity contribution in [2.75, 3.05) is 11.5 Å². The van der Waals surface area contributed by atoms with Crippen LogP contribution in [0.2, 0.25) is 0 Å². The number of anilines is 1. The van der Waals surface area contributed by atoms with Crippen LogP contribution in [0.25, 0.3) is 0 Å². The molecule has 0 amide bonds. The van der Waals surface area contributed by atoms with Gasteiger partial charge in [-0.05, 0) is 0 Å². The van der Waals surface area contributed by atoms with E-state index in [1.54, 1.807) is 0 Å². The zero-order valence-corrected chi connectivity index (χ0v) is 11.6. The highest BCUT2D eigenvalue weighted by molar-refractivity contribution is 7.99. The Morgan fingerprint density at radius 1 is 1.40 bits per heavy atom. The van der Waals surface area contributed by atoms with Gasteiger partial charge in [0.05, 0.1) is 5.75 Å². The number of rotatable bonds is 4. The molecule has 0 spiro atoms. The van der Waals surface area contributed by atoms with E-state index in [1.807, 2.05) is 0 Å². The molecule has 2 aromatic rings. The first-order chi connectivity index (χ1) is 9.43. The number of aromatic amines is 1. The van der Waals surface area contributed by atoms with Crippen molar-refractivity contribution in [3.8, 4) is 0 Å². The number of hydrogen-bond acceptors (Lipinski definition) is 7. The summed E-state index contributed by atoms with van der Waals surface area (Å²) in [5.41, 5.74) is 4.22. The summed E-state index contributed by atoms with van der Waals surface area (Å²) in [6, 6.07) is 0. The number of nitrogen functional groups attached to an aromatic ring is 1. The Morgan fingerprint density at radius 3 is 2.70 bits per heavy atom. The van der Waals surface area contributed by atoms with Crippen molar-refractivity contribution in [3.05, 3.63) is 32.7 Å². The molecule has 0 bridgehead atoms. The molecule has 2 rings (SSSR count). The van der Waals surface area contributed by atoms with Crippen molar-refractivity contribution in [1.82, 2.24) is 24.3 Å². The van der Waals surface area contributed by atoms with Gasteiger partial charge in [0.25, 0.3) is 5.56 Å². The van der Waals surface area contributed by atoms with E-state index in [2.05, 4.69) is 15.2 Å². The van der Waals surface area contributed by atoms with E-state index in [-0.39, 0.29) is 17.1 Å². The molecular weight excluding hydrogens is 284 g/mol. The molecule has 0 aromatic carbocycles. The average molecular weight is 296 g/mol. The maximum Gasteiger partial charge on any atom is 0.332 e. The number of nitrogens with two attached hydrogens (primary N) is 1. The molecule has 2 heterocycles. The van der Waals surface area contributed by atoms with E-state index >= 15 is 0 Å². The first kappa shape index (κ1) is 14.1. The summed E-state index contributed by atoms with van der Waals surface area (Å²) in [4.78, 5) is 39.6. The van der Waals surface area contributed by atoms with Gasteiger partial charge < -0.3 is 5.73 Å². The van der Waals surface area contributed by atoms with Gasteiger partial charge in [0.2, 0.25) is 0 Å². The summed E-state index contributed by atoms with van der Waals surface area (Å²) in [7, 11) is 2.70. The van der Waals surface area contributed by atoms with Gasteiger partial charge in [-0.2, -0.15) is 5.10 Å². The summed E-state index contributed by atoms with van der Waals surface area (Å²) in [6.45, 7) is 0. The van der Waals surface area contributed by atoms with Crippen molar-refractivity contribution in [3.63, 3.8) is 0 Å². The lowest BCUT2D eigenvalue weighted by molar-refractivity contribution is 0.102. The quantitative estimate of drug-likeness (QED) is 0.533. The van der Waals surface area contributed by atoms with Crippen LogP contribution in [0.15, 0.2) is 21.1 Å². The largest absolute Gasteiger partial charge is 0.384 e. The Bertz CT molecular complexity index is 761. The maximum absolute atomic E-state index is 12.1. The third-order valence-corrected chi connectivity index (χ3v) is 3.60. The highest BCUT2D eigenvalue weighted by Crippen LogP contribution is 2.14. The van der Waals surface area contributed by atoms with E-state index in [4.69, 9.17) is 5.73 Å². The van der Waals surface area contributed by atoms with Gasteiger partial charge in [-0.15, -0.1) is 0 Å². The smallest absolute Gasteiger partial charge is 0.332 e. The minimum Gasteiger partial charge on any atom is -0.384 e. The molecule has 0 atom stereocenters. The fourth-order valence-electron chi connectivity index (χ4n) is 1.59. The third kappa shape index (κ3) is 2.37. The molecule has 0 radical (unpaired) electrons. The van der Waals surface area contributed by atoms with Crippen LogP contribution in [-0.2, 0) is 14.1 Å². The van der Waals surface area contributed by atoms with Crippen molar-refractivity contribution < 1.29 is 4.79 Å². The van der Waals surface area contributed by atoms with E-state index in [0.29, 0.717) is 5.16 Å². The van der Waals surface area contributed by atoms with Gasteiger partial charge >= 0.3 is 5.69 Å². The molecule has 0 aliphatic heterocycles. The number of Topliss-reactive ketones (excluding diaryl/α,β-unsaturated/α-hetero) is 1. The van der Waals surface area contributed by atoms with Crippen molar-refractivity contribution in [1.29, 1.82) is 0 Å². The molecule has 2 aromatic heterocycles. The molecule has 106 valence electrons. The highest BCUT2D eigenvalue weighted by Gasteiger charge is 2.20. The first-order valence-electron chi connectivity index (χ1n) is 5.50. The SMILES string of the molecule is Cn1c(N)c(C(=O)CSc2ncn[nH]2)c(=O)n(C)c1=O. The molecule has 20 heavy (non-hydrogen) atoms. The molecule has 9 nitrogen and oxygen atoms in total. The Balaban J connectivity index is 2.35. The number of carbonyl (C=O) groups excluding carboxylic acids is 1. The minimum absolute atomic E-state index is 0.0349. The molecule has 3 N–H and O–H groups in total. The predicted octanol–water partition coefficient (Wildman–Crippen LogP) is -1.24. The van der Waals surface area contributed by atoms with Crippen molar-refractivity contribution in [2.24, 2.45) is 14.1 Å². The Kier molecular flexibility index (Phi) is 3.74. The number of hydrogen-bond donors (Lipinski definition) is 2. The van der Waals surface area contributed by atoms with Crippen LogP contribution in [-0.4, -0.2) is 35.9 Å². The molecular formula is C10H12N6O3S. The standard InChI is InChI=1S/C10H12N6O3S/c1-15-7(11)6(8(18)16(2)10(15)19)5(17)3-20-9-12-4-13-14-9/h4H,3,11H2,1-2H3,(H,12,13,14). The summed E-state index contributed by atoms with van der Waals surface area (Å²) in [5.74, 6) is -0.645. The molecule has 0 saturated carbocycles. The van der Waals surface area contributed by atoms with Gasteiger partial charge in [0.1, 0.15) is 17.7 Å². The number of ketones is 1. The topological polar surface area (TPSA) is 129 Å². The third-order valence-electron chi connectivity index (χ3n) is 2.72. The second kappa shape index (κ2) is 5.33. The minimum atomic E-state index is -0.700. The number of carbonyl (C=O) groups is 1. The normalized spacial score (nSPS) is 10.7. The van der Waals surface area contributed by atoms with E-state index < -0.39 is 17.0 Å². The number of H-pyrrole nitrogens is 1. The number of thioether (sulfide) groups is 1. The van der Waals surface area contributed by atoms with Gasteiger partial charge in [-0.1, -0.05) is 11.8 Å². The predicted molar refractivity (Wildman–Crippen MR) is 72.8 cm³/mol. The monoisotopic (exact) mass is 296 g/mol. The Morgan fingerprint density at radius 2 is 2.10 bits per heavy atom. The van der Waals surface area contributed by atoms with Crippen molar-refractivity contribution in [2.45, 2.75) is 5.16 Å². The zero-order chi connectivity index (χ0) is 14.9. The zero-order valence-electron chi connectivity index (χ0n) is 10.8. The number of nitrogens with one attached hydrogen (secondary N) is 1. The second-order valence-corrected chi connectivity index (χ2v) is 4.93. The van der Waals surface area contributed by atoms with Gasteiger partial charge in [-0.25, -0.2) is 9.78 Å². The van der Waals surface area contributed by atoms with Crippen LogP contribution in [0.1, 0.15) is 10.4 Å². The summed E-state index contributed by atoms with van der Waals surface area (Å²) < 4.78 is 1.91. The number of nitrogens with zero attached hydrogens (tertiary/aromatic N) is 4. The maximum atomic E-state index is 12.1. The van der Waals surface area contributed by atoms with Gasteiger partial charge in [-0.3, -0.25) is 23.8 Å². The fraction of sp³-hybridized carbons (Fsp3) is 0.300. The molecule has 0 saturated heterocycles. The highest BCUT2D eigenvalue weighted by atomic mass is 32.2. The van der Waals surface area contributed by atoms with Gasteiger partial charge in [0, 0.05) is 14.1 Å². The van der Waals surface area contributed by atoms with Crippen molar-refractivity contribution >= 4 is 23.4 Å². The lowest BCUT2D eigenvalue weighted by Crippen LogP contribution is -2.41. The summed E-state index contributed by atoms with van der Waals surface area (Å²) >= 11 is 1.09. The van der Waals surface area contributed by atoms with Crippen LogP contribution in [0.4, 0.5) is 5.82 Å². The number of aromatic nitrogens is 5. The van der Waals surface area contributed by atoms with Gasteiger partial charge in [0.15, 0.2) is 10.9 Å². The van der Waals surface area contributed by atoms with Crippen LogP contribution in [0.5, 0.6) is 0 Å². The van der Waals surface area contributed by atoms with Crippen LogP contribution < -0.4 is 17.0 Å². The van der Waals surface area contributed by atoms with Crippen LogP contribution >= 0.6 is 11.8 Å². The lowest BCUT2D eigenvalue weighted by Gasteiger charge is -2.10. The second-order valence-electron chi connectivity index (χ2n) is 3.97. The molecule has 0 aliphatic carbocycles.